The molecule has 5 nitrogen and oxygen atoms in total. The van der Waals surface area contributed by atoms with Crippen molar-refractivity contribution in [2.75, 3.05) is 0 Å². The molecule has 0 radical (unpaired) electrons. The second kappa shape index (κ2) is 9.19. The van der Waals surface area contributed by atoms with Crippen LogP contribution in [-0.2, 0) is 11.3 Å². The van der Waals surface area contributed by atoms with E-state index in [9.17, 15) is 4.79 Å². The third-order valence-electron chi connectivity index (χ3n) is 3.02. The highest BCUT2D eigenvalue weighted by Crippen LogP contribution is 2.32. The van der Waals surface area contributed by atoms with Gasteiger partial charge in [0.15, 0.2) is 0 Å². The number of amides is 1. The summed E-state index contributed by atoms with van der Waals surface area (Å²) in [6.45, 7) is 5.78. The zero-order valence-corrected chi connectivity index (χ0v) is 17.9. The number of nitrogens with zero attached hydrogens (tertiary/aromatic N) is 1. The van der Waals surface area contributed by atoms with Crippen molar-refractivity contribution in [3.63, 3.8) is 0 Å². The highest BCUT2D eigenvalue weighted by Gasteiger charge is 2.15. The fourth-order valence-corrected chi connectivity index (χ4v) is 3.39. The number of halogens is 2. The molecule has 0 saturated carbocycles. The molecule has 0 atom stereocenters. The Kier molecular flexibility index (Phi) is 7.23. The van der Waals surface area contributed by atoms with Crippen LogP contribution in [0.2, 0.25) is 0 Å². The molecule has 0 unspecified atom stereocenters. The summed E-state index contributed by atoms with van der Waals surface area (Å²) in [7, 11) is 0. The molecule has 0 heterocycles. The van der Waals surface area contributed by atoms with Crippen molar-refractivity contribution in [1.82, 2.24) is 5.43 Å². The number of carbonyl (C=O) groups is 1. The lowest BCUT2D eigenvalue weighted by Crippen LogP contribution is -2.29. The Hall–Kier alpha value is -1.86. The number of hydrogen-bond acceptors (Lipinski definition) is 4. The van der Waals surface area contributed by atoms with Gasteiger partial charge in [0.25, 0.3) is 0 Å². The zero-order valence-electron chi connectivity index (χ0n) is 14.8. The maximum Gasteiger partial charge on any atom is 0.428 e. The van der Waals surface area contributed by atoms with E-state index >= 15 is 0 Å². The largest absolute Gasteiger partial charge is 0.487 e. The molecule has 0 fully saturated rings. The average molecular weight is 484 g/mol. The first-order valence-electron chi connectivity index (χ1n) is 7.92. The summed E-state index contributed by atoms with van der Waals surface area (Å²) in [5.41, 5.74) is 3.53. The Morgan fingerprint density at radius 3 is 2.54 bits per heavy atom. The van der Waals surface area contributed by atoms with E-state index in [2.05, 4.69) is 42.4 Å². The Morgan fingerprint density at radius 1 is 1.19 bits per heavy atom. The summed E-state index contributed by atoms with van der Waals surface area (Å²) >= 11 is 6.95. The maximum absolute atomic E-state index is 11.7. The number of hydrazone groups is 1. The molecule has 0 aromatic heterocycles. The Balaban J connectivity index is 2.11. The number of rotatable bonds is 5. The van der Waals surface area contributed by atoms with Crippen molar-refractivity contribution in [3.05, 3.63) is 62.5 Å². The minimum Gasteiger partial charge on any atom is -0.487 e. The lowest BCUT2D eigenvalue weighted by molar-refractivity contribution is 0.0529. The van der Waals surface area contributed by atoms with Crippen LogP contribution >= 0.6 is 31.9 Å². The van der Waals surface area contributed by atoms with Crippen molar-refractivity contribution in [2.24, 2.45) is 5.10 Å². The van der Waals surface area contributed by atoms with Gasteiger partial charge >= 0.3 is 6.09 Å². The first-order chi connectivity index (χ1) is 12.2. The van der Waals surface area contributed by atoms with Crippen molar-refractivity contribution >= 4 is 44.2 Å². The highest BCUT2D eigenvalue weighted by molar-refractivity contribution is 9.11. The molecular formula is C19H20Br2N2O3. The van der Waals surface area contributed by atoms with E-state index in [1.807, 2.05) is 42.5 Å². The molecule has 0 bridgehead atoms. The summed E-state index contributed by atoms with van der Waals surface area (Å²) in [5.74, 6) is 0.631. The second-order valence-corrected chi connectivity index (χ2v) is 8.22. The van der Waals surface area contributed by atoms with E-state index in [4.69, 9.17) is 9.47 Å². The molecule has 138 valence electrons. The summed E-state index contributed by atoms with van der Waals surface area (Å²) in [6, 6.07) is 13.6. The van der Waals surface area contributed by atoms with Gasteiger partial charge in [0.2, 0.25) is 0 Å². The quantitative estimate of drug-likeness (QED) is 0.441. The Bertz CT molecular complexity index is 787. The lowest BCUT2D eigenvalue weighted by atomic mass is 10.2. The Morgan fingerprint density at radius 2 is 1.88 bits per heavy atom. The molecule has 2 aromatic carbocycles. The molecular weight excluding hydrogens is 464 g/mol. The van der Waals surface area contributed by atoms with E-state index in [1.54, 1.807) is 20.8 Å². The highest BCUT2D eigenvalue weighted by atomic mass is 79.9. The zero-order chi connectivity index (χ0) is 19.2. The summed E-state index contributed by atoms with van der Waals surface area (Å²) in [4.78, 5) is 11.7. The van der Waals surface area contributed by atoms with Crippen LogP contribution in [0.4, 0.5) is 4.79 Å². The van der Waals surface area contributed by atoms with Crippen LogP contribution in [-0.4, -0.2) is 17.9 Å². The number of benzene rings is 2. The average Bonchev–Trinajstić information content (AvgIpc) is 2.53. The van der Waals surface area contributed by atoms with Crippen molar-refractivity contribution in [3.8, 4) is 5.75 Å². The molecule has 1 N–H and O–H groups in total. The Labute approximate surface area is 170 Å². The number of nitrogens with one attached hydrogen (secondary N) is 1. The van der Waals surface area contributed by atoms with Gasteiger partial charge in [-0.2, -0.15) is 5.10 Å². The van der Waals surface area contributed by atoms with E-state index in [0.29, 0.717) is 17.9 Å². The van der Waals surface area contributed by atoms with Gasteiger partial charge in [-0.1, -0.05) is 46.3 Å². The molecule has 1 amide bonds. The molecule has 0 aliphatic heterocycles. The van der Waals surface area contributed by atoms with Gasteiger partial charge in [-0.25, -0.2) is 10.2 Å². The lowest BCUT2D eigenvalue weighted by Gasteiger charge is -2.18. The van der Waals surface area contributed by atoms with Crippen LogP contribution in [0.1, 0.15) is 31.9 Å². The molecule has 0 aliphatic rings. The normalized spacial score (nSPS) is 11.4. The molecule has 0 spiro atoms. The van der Waals surface area contributed by atoms with Crippen LogP contribution in [0.25, 0.3) is 0 Å². The fraction of sp³-hybridized carbons (Fsp3) is 0.263. The first-order valence-corrected chi connectivity index (χ1v) is 9.51. The fourth-order valence-electron chi connectivity index (χ4n) is 2.01. The van der Waals surface area contributed by atoms with Crippen LogP contribution in [0.15, 0.2) is 56.5 Å². The van der Waals surface area contributed by atoms with Crippen LogP contribution in [0, 0.1) is 0 Å². The molecule has 2 rings (SSSR count). The molecule has 26 heavy (non-hydrogen) atoms. The van der Waals surface area contributed by atoms with Crippen molar-refractivity contribution in [1.29, 1.82) is 0 Å². The summed E-state index contributed by atoms with van der Waals surface area (Å²) in [6.07, 6.45) is 0.898. The molecule has 0 aliphatic carbocycles. The third kappa shape index (κ3) is 6.80. The van der Waals surface area contributed by atoms with Gasteiger partial charge in [-0.15, -0.1) is 0 Å². The molecule has 0 saturated heterocycles. The van der Waals surface area contributed by atoms with Crippen LogP contribution < -0.4 is 10.2 Å². The van der Waals surface area contributed by atoms with Crippen LogP contribution in [0.5, 0.6) is 5.75 Å². The summed E-state index contributed by atoms with van der Waals surface area (Å²) in [5, 5.41) is 3.95. The molecule has 2 aromatic rings. The monoisotopic (exact) mass is 482 g/mol. The molecule has 7 heteroatoms. The third-order valence-corrected chi connectivity index (χ3v) is 4.07. The van der Waals surface area contributed by atoms with Crippen molar-refractivity contribution in [2.45, 2.75) is 33.0 Å². The van der Waals surface area contributed by atoms with Gasteiger partial charge in [0, 0.05) is 10.0 Å². The number of hydrogen-bond donors (Lipinski definition) is 1. The number of carbonyl (C=O) groups excluding carboxylic acids is 1. The smallest absolute Gasteiger partial charge is 0.428 e. The topological polar surface area (TPSA) is 59.9 Å². The standard InChI is InChI=1S/C19H20Br2N2O3/c1-19(2,3)26-18(24)23-22-11-14-9-15(20)10-16(21)17(14)25-12-13-7-5-4-6-8-13/h4-11H,12H2,1-3H3,(H,23,24)/b22-11-. The number of ether oxygens (including phenoxy) is 2. The first kappa shape index (κ1) is 20.5. The SMILES string of the molecule is CC(C)(C)OC(=O)N/N=C\c1cc(Br)cc(Br)c1OCc1ccccc1. The van der Waals surface area contributed by atoms with E-state index in [1.165, 1.54) is 6.21 Å². The van der Waals surface area contributed by atoms with Crippen molar-refractivity contribution < 1.29 is 14.3 Å². The van der Waals surface area contributed by atoms with E-state index in [-0.39, 0.29) is 0 Å². The van der Waals surface area contributed by atoms with E-state index in [0.717, 1.165) is 14.5 Å². The maximum atomic E-state index is 11.7. The predicted molar refractivity (Wildman–Crippen MR) is 110 cm³/mol. The van der Waals surface area contributed by atoms with Gasteiger partial charge in [0.1, 0.15) is 18.0 Å². The second-order valence-electron chi connectivity index (χ2n) is 6.45. The minimum absolute atomic E-state index is 0.418. The minimum atomic E-state index is -0.616. The van der Waals surface area contributed by atoms with Gasteiger partial charge in [-0.05, 0) is 54.4 Å². The predicted octanol–water partition coefficient (Wildman–Crippen LogP) is 5.65. The van der Waals surface area contributed by atoms with Gasteiger partial charge in [-0.3, -0.25) is 0 Å². The van der Waals surface area contributed by atoms with Gasteiger partial charge < -0.3 is 9.47 Å². The van der Waals surface area contributed by atoms with Crippen LogP contribution in [0.3, 0.4) is 0 Å². The summed E-state index contributed by atoms with van der Waals surface area (Å²) < 4.78 is 12.7. The van der Waals surface area contributed by atoms with E-state index < -0.39 is 11.7 Å². The van der Waals surface area contributed by atoms with Gasteiger partial charge in [0.05, 0.1) is 10.7 Å².